The van der Waals surface area contributed by atoms with Crippen LogP contribution in [0.5, 0.6) is 0 Å². The first-order valence-corrected chi connectivity index (χ1v) is 8.06. The summed E-state index contributed by atoms with van der Waals surface area (Å²) < 4.78 is 12.0. The van der Waals surface area contributed by atoms with E-state index in [4.69, 9.17) is 5.73 Å². The van der Waals surface area contributed by atoms with Gasteiger partial charge in [-0.3, -0.25) is 9.00 Å². The van der Waals surface area contributed by atoms with Crippen LogP contribution in [0.3, 0.4) is 0 Å². The van der Waals surface area contributed by atoms with Crippen LogP contribution in [0.2, 0.25) is 0 Å². The average Bonchev–Trinajstić information content (AvgIpc) is 2.93. The van der Waals surface area contributed by atoms with Gasteiger partial charge in [0, 0.05) is 39.6 Å². The highest BCUT2D eigenvalue weighted by Gasteiger charge is 2.21. The Morgan fingerprint density at radius 2 is 1.89 bits per heavy atom. The molecule has 0 bridgehead atoms. The van der Waals surface area contributed by atoms with E-state index in [2.05, 4.69) is 5.32 Å². The van der Waals surface area contributed by atoms with Crippen molar-refractivity contribution in [1.82, 2.24) is 0 Å². The number of carbonyl (C=O) groups is 1. The molecule has 1 aromatic carbocycles. The predicted molar refractivity (Wildman–Crippen MR) is 79.4 cm³/mol. The Hall–Kier alpha value is -1.36. The normalized spacial score (nSPS) is 17.3. The summed E-state index contributed by atoms with van der Waals surface area (Å²) in [5.74, 6) is 0.377. The van der Waals surface area contributed by atoms with Gasteiger partial charge >= 0.3 is 0 Å². The Morgan fingerprint density at radius 1 is 1.26 bits per heavy atom. The number of benzene rings is 1. The van der Waals surface area contributed by atoms with Crippen LogP contribution in [0.15, 0.2) is 24.3 Å². The summed E-state index contributed by atoms with van der Waals surface area (Å²) in [5, 5.41) is 3.10. The highest BCUT2D eigenvalue weighted by Crippen LogP contribution is 2.23. The van der Waals surface area contributed by atoms with Crippen LogP contribution < -0.4 is 11.1 Å². The van der Waals surface area contributed by atoms with Gasteiger partial charge in [0.25, 0.3) is 0 Å². The van der Waals surface area contributed by atoms with Crippen molar-refractivity contribution in [2.45, 2.75) is 37.4 Å². The lowest BCUT2D eigenvalue weighted by Crippen LogP contribution is -2.19. The third kappa shape index (κ3) is 4.35. The summed E-state index contributed by atoms with van der Waals surface area (Å²) in [5.41, 5.74) is 6.97. The van der Waals surface area contributed by atoms with Crippen molar-refractivity contribution in [3.8, 4) is 0 Å². The largest absolute Gasteiger partial charge is 0.399 e. The maximum atomic E-state index is 12.0. The predicted octanol–water partition coefficient (Wildman–Crippen LogP) is 2.29. The molecular formula is C14H20N2O2S. The number of nitrogens with two attached hydrogens (primary N) is 1. The van der Waals surface area contributed by atoms with Gasteiger partial charge in [0.15, 0.2) is 0 Å². The molecule has 1 saturated carbocycles. The average molecular weight is 280 g/mol. The van der Waals surface area contributed by atoms with Gasteiger partial charge in [0.05, 0.1) is 0 Å². The Labute approximate surface area is 116 Å². The summed E-state index contributed by atoms with van der Waals surface area (Å²) in [6.07, 6.45) is 4.76. The first-order valence-electron chi connectivity index (χ1n) is 6.68. The lowest BCUT2D eigenvalue weighted by Gasteiger charge is -2.09. The molecule has 1 atom stereocenters. The van der Waals surface area contributed by atoms with Crippen LogP contribution in [0.1, 0.15) is 32.1 Å². The molecule has 19 heavy (non-hydrogen) atoms. The third-order valence-corrected chi connectivity index (χ3v) is 5.22. The third-order valence-electron chi connectivity index (χ3n) is 3.40. The van der Waals surface area contributed by atoms with Gasteiger partial charge in [-0.2, -0.15) is 0 Å². The second-order valence-electron chi connectivity index (χ2n) is 4.91. The van der Waals surface area contributed by atoms with Crippen LogP contribution in [0.4, 0.5) is 11.4 Å². The first kappa shape index (κ1) is 14.1. The molecular weight excluding hydrogens is 260 g/mol. The number of nitrogens with one attached hydrogen (secondary N) is 1. The summed E-state index contributed by atoms with van der Waals surface area (Å²) >= 11 is 0. The topological polar surface area (TPSA) is 72.2 Å². The maximum Gasteiger partial charge on any atom is 0.225 e. The molecule has 1 unspecified atom stereocenters. The molecule has 2 rings (SSSR count). The molecule has 1 aliphatic rings. The molecule has 0 aliphatic heterocycles. The number of rotatable bonds is 5. The van der Waals surface area contributed by atoms with E-state index in [0.29, 0.717) is 23.1 Å². The van der Waals surface area contributed by atoms with E-state index >= 15 is 0 Å². The summed E-state index contributed by atoms with van der Waals surface area (Å²) in [7, 11) is -0.858. The van der Waals surface area contributed by atoms with Gasteiger partial charge in [-0.25, -0.2) is 0 Å². The minimum absolute atomic E-state index is 0.0869. The lowest BCUT2D eigenvalue weighted by atomic mass is 10.3. The van der Waals surface area contributed by atoms with E-state index < -0.39 is 10.8 Å². The second-order valence-corrected chi connectivity index (χ2v) is 6.75. The van der Waals surface area contributed by atoms with Gasteiger partial charge in [-0.05, 0) is 37.1 Å². The number of amides is 1. The minimum atomic E-state index is -0.858. The van der Waals surface area contributed by atoms with Gasteiger partial charge in [-0.1, -0.05) is 12.8 Å². The van der Waals surface area contributed by atoms with Crippen molar-refractivity contribution in [2.75, 3.05) is 16.8 Å². The molecule has 5 heteroatoms. The van der Waals surface area contributed by atoms with Crippen LogP contribution in [-0.2, 0) is 15.6 Å². The van der Waals surface area contributed by atoms with Crippen LogP contribution >= 0.6 is 0 Å². The lowest BCUT2D eigenvalue weighted by molar-refractivity contribution is -0.115. The van der Waals surface area contributed by atoms with E-state index in [-0.39, 0.29) is 5.91 Å². The molecule has 1 fully saturated rings. The van der Waals surface area contributed by atoms with Crippen molar-refractivity contribution in [2.24, 2.45) is 0 Å². The molecule has 0 spiro atoms. The van der Waals surface area contributed by atoms with Crippen molar-refractivity contribution in [3.63, 3.8) is 0 Å². The van der Waals surface area contributed by atoms with E-state index in [1.54, 1.807) is 24.3 Å². The zero-order valence-corrected chi connectivity index (χ0v) is 11.7. The van der Waals surface area contributed by atoms with Gasteiger partial charge < -0.3 is 11.1 Å². The van der Waals surface area contributed by atoms with E-state index in [1.807, 2.05) is 0 Å². The quantitative estimate of drug-likeness (QED) is 0.813. The Bertz CT molecular complexity index is 453. The van der Waals surface area contributed by atoms with Crippen LogP contribution in [0.25, 0.3) is 0 Å². The van der Waals surface area contributed by atoms with Crippen molar-refractivity contribution in [3.05, 3.63) is 24.3 Å². The molecule has 1 aromatic rings. The fourth-order valence-electron chi connectivity index (χ4n) is 2.30. The molecule has 3 N–H and O–H groups in total. The number of carbonyl (C=O) groups excluding carboxylic acids is 1. The molecule has 1 aliphatic carbocycles. The van der Waals surface area contributed by atoms with Crippen molar-refractivity contribution < 1.29 is 9.00 Å². The second kappa shape index (κ2) is 6.70. The summed E-state index contributed by atoms with van der Waals surface area (Å²) in [6, 6.07) is 7.01. The summed E-state index contributed by atoms with van der Waals surface area (Å²) in [4.78, 5) is 11.7. The Morgan fingerprint density at radius 3 is 2.53 bits per heavy atom. The fraction of sp³-hybridized carbons (Fsp3) is 0.500. The van der Waals surface area contributed by atoms with Crippen molar-refractivity contribution in [1.29, 1.82) is 0 Å². The highest BCUT2D eigenvalue weighted by atomic mass is 32.2. The Kier molecular flexibility index (Phi) is 4.96. The number of anilines is 2. The van der Waals surface area contributed by atoms with Crippen LogP contribution in [0, 0.1) is 0 Å². The molecule has 4 nitrogen and oxygen atoms in total. The highest BCUT2D eigenvalue weighted by molar-refractivity contribution is 7.85. The van der Waals surface area contributed by atoms with Gasteiger partial charge in [-0.15, -0.1) is 0 Å². The SMILES string of the molecule is Nc1ccc(NC(=O)CCS(=O)C2CCCC2)cc1. The van der Waals surface area contributed by atoms with Crippen LogP contribution in [-0.4, -0.2) is 21.1 Å². The van der Waals surface area contributed by atoms with Crippen molar-refractivity contribution >= 4 is 28.1 Å². The van der Waals surface area contributed by atoms with E-state index in [1.165, 1.54) is 12.8 Å². The zero-order valence-electron chi connectivity index (χ0n) is 10.9. The number of nitrogen functional groups attached to an aromatic ring is 1. The first-order chi connectivity index (χ1) is 9.15. The number of hydrogen-bond donors (Lipinski definition) is 2. The Balaban J connectivity index is 1.75. The van der Waals surface area contributed by atoms with E-state index in [9.17, 15) is 9.00 Å². The monoisotopic (exact) mass is 280 g/mol. The van der Waals surface area contributed by atoms with E-state index in [0.717, 1.165) is 18.5 Å². The zero-order chi connectivity index (χ0) is 13.7. The molecule has 104 valence electrons. The number of hydrogen-bond acceptors (Lipinski definition) is 3. The fourth-order valence-corrected chi connectivity index (χ4v) is 3.88. The molecule has 0 heterocycles. The molecule has 1 amide bonds. The minimum Gasteiger partial charge on any atom is -0.399 e. The standard InChI is InChI=1S/C14H20N2O2S/c15-11-5-7-12(8-6-11)16-14(17)9-10-19(18)13-3-1-2-4-13/h5-8,13H,1-4,9-10,15H2,(H,16,17). The maximum absolute atomic E-state index is 12.0. The molecule has 0 saturated heterocycles. The summed E-state index contributed by atoms with van der Waals surface area (Å²) in [6.45, 7) is 0. The molecule has 0 radical (unpaired) electrons. The van der Waals surface area contributed by atoms with Gasteiger partial charge in [0.2, 0.25) is 5.91 Å². The van der Waals surface area contributed by atoms with Gasteiger partial charge in [0.1, 0.15) is 0 Å². The smallest absolute Gasteiger partial charge is 0.225 e. The molecule has 0 aromatic heterocycles.